The van der Waals surface area contributed by atoms with Crippen molar-refractivity contribution in [1.82, 2.24) is 14.8 Å². The number of non-ortho nitro benzene ring substituents is 1. The molecule has 0 saturated heterocycles. The Hall–Kier alpha value is -2.74. The van der Waals surface area contributed by atoms with Gasteiger partial charge in [0.1, 0.15) is 12.4 Å². The number of aromatic nitrogens is 3. The van der Waals surface area contributed by atoms with Crippen molar-refractivity contribution in [3.8, 4) is 0 Å². The molecule has 4 rings (SSSR count). The number of Topliss-reactive ketones (excluding diaryl/α,β-unsaturated/α-hetero) is 1. The highest BCUT2D eigenvalue weighted by Crippen LogP contribution is 2.42. The molecule has 122 valence electrons. The topological polar surface area (TPSA) is 103 Å². The van der Waals surface area contributed by atoms with Gasteiger partial charge in [0, 0.05) is 40.4 Å². The summed E-state index contributed by atoms with van der Waals surface area (Å²) in [6.45, 7) is 0. The summed E-state index contributed by atoms with van der Waals surface area (Å²) in [6, 6.07) is 3.60. The number of carbonyl (C=O) groups excluding carboxylic acids is 1. The van der Waals surface area contributed by atoms with Crippen molar-refractivity contribution in [1.29, 1.82) is 0 Å². The first-order valence-corrected chi connectivity index (χ1v) is 7.80. The van der Waals surface area contributed by atoms with Gasteiger partial charge in [-0.25, -0.2) is 4.68 Å². The first-order valence-electron chi connectivity index (χ1n) is 7.43. The fourth-order valence-electron chi connectivity index (χ4n) is 3.24. The van der Waals surface area contributed by atoms with Crippen LogP contribution in [0.2, 0.25) is 5.02 Å². The fourth-order valence-corrected chi connectivity index (χ4v) is 3.46. The third-order valence-electron chi connectivity index (χ3n) is 4.29. The van der Waals surface area contributed by atoms with E-state index in [1.165, 1.54) is 24.5 Å². The lowest BCUT2D eigenvalue weighted by Gasteiger charge is -2.32. The number of allylic oxidation sites excluding steroid dienone is 2. The smallest absolute Gasteiger partial charge is 0.269 e. The van der Waals surface area contributed by atoms with Crippen LogP contribution >= 0.6 is 11.6 Å². The molecular weight excluding hydrogens is 334 g/mol. The zero-order chi connectivity index (χ0) is 16.8. The minimum Gasteiger partial charge on any atom is -0.328 e. The van der Waals surface area contributed by atoms with E-state index in [0.29, 0.717) is 28.5 Å². The van der Waals surface area contributed by atoms with Crippen molar-refractivity contribution in [2.75, 3.05) is 5.32 Å². The summed E-state index contributed by atoms with van der Waals surface area (Å²) in [7, 11) is 0. The number of rotatable bonds is 2. The van der Waals surface area contributed by atoms with Crippen LogP contribution in [0.5, 0.6) is 0 Å². The second-order valence-electron chi connectivity index (χ2n) is 5.69. The molecule has 0 saturated carbocycles. The number of nitro groups is 1. The number of halogens is 1. The Labute approximate surface area is 141 Å². The van der Waals surface area contributed by atoms with Gasteiger partial charge in [0.2, 0.25) is 5.95 Å². The van der Waals surface area contributed by atoms with Crippen molar-refractivity contribution in [2.45, 2.75) is 25.3 Å². The molecule has 0 spiro atoms. The molecule has 1 aliphatic carbocycles. The molecule has 0 radical (unpaired) electrons. The van der Waals surface area contributed by atoms with Gasteiger partial charge in [-0.05, 0) is 18.9 Å². The molecular formula is C15H12ClN5O3. The summed E-state index contributed by atoms with van der Waals surface area (Å²) in [5, 5.41) is 18.8. The summed E-state index contributed by atoms with van der Waals surface area (Å²) >= 11 is 6.31. The van der Waals surface area contributed by atoms with E-state index in [4.69, 9.17) is 11.6 Å². The van der Waals surface area contributed by atoms with Crippen LogP contribution in [0.15, 0.2) is 35.8 Å². The Bertz CT molecular complexity index is 904. The Kier molecular flexibility index (Phi) is 3.34. The van der Waals surface area contributed by atoms with Gasteiger partial charge in [-0.2, -0.15) is 10.1 Å². The van der Waals surface area contributed by atoms with Gasteiger partial charge >= 0.3 is 0 Å². The van der Waals surface area contributed by atoms with Gasteiger partial charge < -0.3 is 5.32 Å². The maximum atomic E-state index is 12.5. The first kappa shape index (κ1) is 14.8. The highest BCUT2D eigenvalue weighted by molar-refractivity contribution is 6.31. The quantitative estimate of drug-likeness (QED) is 0.663. The van der Waals surface area contributed by atoms with Crippen LogP contribution in [0.1, 0.15) is 30.9 Å². The molecule has 1 N–H and O–H groups in total. The van der Waals surface area contributed by atoms with Crippen LogP contribution in [0.4, 0.5) is 11.6 Å². The molecule has 0 fully saturated rings. The van der Waals surface area contributed by atoms with Gasteiger partial charge in [-0.15, -0.1) is 0 Å². The van der Waals surface area contributed by atoms with Crippen molar-refractivity contribution in [3.05, 3.63) is 56.5 Å². The van der Waals surface area contributed by atoms with E-state index in [1.807, 2.05) is 0 Å². The Morgan fingerprint density at radius 1 is 1.38 bits per heavy atom. The molecule has 2 heterocycles. The Morgan fingerprint density at radius 2 is 2.21 bits per heavy atom. The minimum atomic E-state index is -0.612. The zero-order valence-electron chi connectivity index (χ0n) is 12.4. The van der Waals surface area contributed by atoms with E-state index in [0.717, 1.165) is 18.5 Å². The molecule has 0 amide bonds. The third kappa shape index (κ3) is 2.18. The van der Waals surface area contributed by atoms with Crippen molar-refractivity contribution in [3.63, 3.8) is 0 Å². The zero-order valence-corrected chi connectivity index (χ0v) is 13.2. The Balaban J connectivity index is 1.95. The van der Waals surface area contributed by atoms with Crippen LogP contribution in [0.25, 0.3) is 0 Å². The predicted octanol–water partition coefficient (Wildman–Crippen LogP) is 2.86. The average Bonchev–Trinajstić information content (AvgIpc) is 3.01. The summed E-state index contributed by atoms with van der Waals surface area (Å²) in [5.74, 6) is 0.494. The van der Waals surface area contributed by atoms with E-state index >= 15 is 0 Å². The summed E-state index contributed by atoms with van der Waals surface area (Å²) in [4.78, 5) is 27.3. The monoisotopic (exact) mass is 345 g/mol. The lowest BCUT2D eigenvalue weighted by atomic mass is 9.85. The molecule has 1 atom stereocenters. The number of anilines is 1. The number of hydrogen-bond acceptors (Lipinski definition) is 6. The number of nitrogens with zero attached hydrogens (tertiary/aromatic N) is 4. The number of hydrogen-bond donors (Lipinski definition) is 1. The number of carbonyl (C=O) groups is 1. The molecule has 0 bridgehead atoms. The molecule has 1 aromatic heterocycles. The third-order valence-corrected chi connectivity index (χ3v) is 4.64. The van der Waals surface area contributed by atoms with Crippen LogP contribution in [0.3, 0.4) is 0 Å². The largest absolute Gasteiger partial charge is 0.328 e. The molecule has 8 nitrogen and oxygen atoms in total. The van der Waals surface area contributed by atoms with Gasteiger partial charge in [-0.1, -0.05) is 11.6 Å². The van der Waals surface area contributed by atoms with Crippen molar-refractivity contribution >= 4 is 29.0 Å². The molecule has 1 aromatic carbocycles. The Morgan fingerprint density at radius 3 is 3.00 bits per heavy atom. The lowest BCUT2D eigenvalue weighted by Crippen LogP contribution is -2.31. The van der Waals surface area contributed by atoms with E-state index < -0.39 is 11.0 Å². The van der Waals surface area contributed by atoms with E-state index in [9.17, 15) is 14.9 Å². The number of fused-ring (bicyclic) bond motifs is 1. The van der Waals surface area contributed by atoms with Gasteiger partial charge in [-0.3, -0.25) is 14.9 Å². The second-order valence-corrected chi connectivity index (χ2v) is 6.09. The number of nitro benzene ring substituents is 1. The van der Waals surface area contributed by atoms with Crippen LogP contribution in [-0.4, -0.2) is 25.5 Å². The van der Waals surface area contributed by atoms with E-state index in [1.54, 1.807) is 4.68 Å². The SMILES string of the molecule is O=C1CCCC2=C1[C@H](c1cc([N+](=O)[O-])ccc1Cl)n1ncnc1N2. The van der Waals surface area contributed by atoms with Crippen LogP contribution in [0, 0.1) is 10.1 Å². The highest BCUT2D eigenvalue weighted by atomic mass is 35.5. The molecule has 2 aromatic rings. The lowest BCUT2D eigenvalue weighted by molar-refractivity contribution is -0.384. The molecule has 0 unspecified atom stereocenters. The summed E-state index contributed by atoms with van der Waals surface area (Å²) < 4.78 is 1.55. The molecule has 9 heteroatoms. The average molecular weight is 346 g/mol. The summed E-state index contributed by atoms with van der Waals surface area (Å²) in [5.41, 5.74) is 1.74. The standard InChI is InChI=1S/C15H12ClN5O3/c16-10-5-4-8(21(23)24)6-9(10)14-13-11(2-1-3-12(13)22)19-15-17-7-18-20(14)15/h4-7,14H,1-3H2,(H,17,18,19)/t14-/m0/s1. The van der Waals surface area contributed by atoms with E-state index in [-0.39, 0.29) is 11.5 Å². The number of nitrogens with one attached hydrogen (secondary N) is 1. The normalized spacial score (nSPS) is 19.5. The van der Waals surface area contributed by atoms with Crippen LogP contribution < -0.4 is 5.32 Å². The second kappa shape index (κ2) is 5.41. The van der Waals surface area contributed by atoms with Crippen molar-refractivity contribution < 1.29 is 9.72 Å². The molecule has 2 aliphatic rings. The summed E-state index contributed by atoms with van der Waals surface area (Å²) in [6.07, 6.45) is 3.29. The maximum Gasteiger partial charge on any atom is 0.269 e. The van der Waals surface area contributed by atoms with Gasteiger partial charge in [0.05, 0.1) is 4.92 Å². The minimum absolute atomic E-state index is 0.00234. The number of ketones is 1. The van der Waals surface area contributed by atoms with Gasteiger partial charge in [0.15, 0.2) is 5.78 Å². The number of benzene rings is 1. The predicted molar refractivity (Wildman–Crippen MR) is 85.8 cm³/mol. The van der Waals surface area contributed by atoms with Crippen LogP contribution in [-0.2, 0) is 4.79 Å². The molecule has 24 heavy (non-hydrogen) atoms. The first-order chi connectivity index (χ1) is 11.6. The van der Waals surface area contributed by atoms with Gasteiger partial charge in [0.25, 0.3) is 5.69 Å². The highest BCUT2D eigenvalue weighted by Gasteiger charge is 2.37. The maximum absolute atomic E-state index is 12.5. The fraction of sp³-hybridized carbons (Fsp3) is 0.267. The van der Waals surface area contributed by atoms with Crippen molar-refractivity contribution in [2.24, 2.45) is 0 Å². The molecule has 1 aliphatic heterocycles. The van der Waals surface area contributed by atoms with E-state index in [2.05, 4.69) is 15.4 Å².